The molecular weight excluding hydrogens is 292 g/mol. The minimum Gasteiger partial charge on any atom is -0.492 e. The van der Waals surface area contributed by atoms with Crippen LogP contribution in [0.5, 0.6) is 5.75 Å². The highest BCUT2D eigenvalue weighted by atomic mass is 16.5. The summed E-state index contributed by atoms with van der Waals surface area (Å²) in [5, 5.41) is 0. The van der Waals surface area contributed by atoms with E-state index in [1.54, 1.807) is 12.4 Å². The fourth-order valence-electron chi connectivity index (χ4n) is 3.82. The lowest BCUT2D eigenvalue weighted by atomic mass is 9.66. The first kappa shape index (κ1) is 16.2. The molecule has 0 saturated carbocycles. The van der Waals surface area contributed by atoms with E-state index in [2.05, 4.69) is 4.98 Å². The predicted molar refractivity (Wildman–Crippen MR) is 87.2 cm³/mol. The van der Waals surface area contributed by atoms with Gasteiger partial charge in [-0.1, -0.05) is 6.92 Å². The average molecular weight is 318 g/mol. The number of carbonyl (C=O) groups is 1. The molecule has 1 unspecified atom stereocenters. The quantitative estimate of drug-likeness (QED) is 0.856. The van der Waals surface area contributed by atoms with E-state index in [0.29, 0.717) is 18.9 Å². The molecule has 3 heterocycles. The van der Waals surface area contributed by atoms with Crippen LogP contribution in [0.25, 0.3) is 0 Å². The summed E-state index contributed by atoms with van der Waals surface area (Å²) in [4.78, 5) is 18.0. The van der Waals surface area contributed by atoms with E-state index in [0.717, 1.165) is 51.3 Å². The zero-order valence-corrected chi connectivity index (χ0v) is 13.9. The molecule has 5 heteroatoms. The van der Waals surface area contributed by atoms with Crippen molar-refractivity contribution in [2.75, 3.05) is 32.9 Å². The fourth-order valence-corrected chi connectivity index (χ4v) is 3.82. The van der Waals surface area contributed by atoms with Crippen LogP contribution in [-0.4, -0.2) is 48.7 Å². The maximum absolute atomic E-state index is 11.9. The molecule has 1 aromatic heterocycles. The molecule has 2 aliphatic heterocycles. The molecule has 0 radical (unpaired) electrons. The first-order chi connectivity index (χ1) is 11.2. The van der Waals surface area contributed by atoms with Crippen LogP contribution in [-0.2, 0) is 9.53 Å². The van der Waals surface area contributed by atoms with E-state index < -0.39 is 0 Å². The Labute approximate surface area is 138 Å². The summed E-state index contributed by atoms with van der Waals surface area (Å²) in [6.45, 7) is 5.92. The van der Waals surface area contributed by atoms with Crippen molar-refractivity contribution in [2.45, 2.75) is 32.6 Å². The number of rotatable bonds is 4. The minimum absolute atomic E-state index is 0.255. The largest absolute Gasteiger partial charge is 0.492 e. The highest BCUT2D eigenvalue weighted by Crippen LogP contribution is 2.44. The van der Waals surface area contributed by atoms with Crippen molar-refractivity contribution in [3.63, 3.8) is 0 Å². The summed E-state index contributed by atoms with van der Waals surface area (Å²) in [7, 11) is 0. The molecule has 0 aromatic carbocycles. The van der Waals surface area contributed by atoms with Crippen molar-refractivity contribution in [3.8, 4) is 5.75 Å². The van der Waals surface area contributed by atoms with Gasteiger partial charge in [0.15, 0.2) is 0 Å². The van der Waals surface area contributed by atoms with Crippen LogP contribution in [0.2, 0.25) is 0 Å². The van der Waals surface area contributed by atoms with Gasteiger partial charge in [-0.2, -0.15) is 0 Å². The van der Waals surface area contributed by atoms with Gasteiger partial charge in [0.2, 0.25) is 5.91 Å². The number of nitrogens with zero attached hydrogens (tertiary/aromatic N) is 2. The summed E-state index contributed by atoms with van der Waals surface area (Å²) in [6.07, 6.45) is 7.29. The Morgan fingerprint density at radius 3 is 2.96 bits per heavy atom. The van der Waals surface area contributed by atoms with Gasteiger partial charge >= 0.3 is 0 Å². The molecule has 2 fully saturated rings. The molecule has 1 spiro atoms. The first-order valence-electron chi connectivity index (χ1n) is 8.62. The number of hydrogen-bond acceptors (Lipinski definition) is 4. The zero-order valence-electron chi connectivity index (χ0n) is 13.9. The Morgan fingerprint density at radius 1 is 1.43 bits per heavy atom. The van der Waals surface area contributed by atoms with Gasteiger partial charge in [-0.3, -0.25) is 9.78 Å². The van der Waals surface area contributed by atoms with E-state index in [4.69, 9.17) is 9.47 Å². The van der Waals surface area contributed by atoms with Crippen molar-refractivity contribution in [1.29, 1.82) is 0 Å². The summed E-state index contributed by atoms with van der Waals surface area (Å²) in [6, 6.07) is 3.82. The SMILES string of the molecule is CCC(=O)N1CCC2(CCOCC2COc2cccnc2)CC1. The molecule has 1 atom stereocenters. The van der Waals surface area contributed by atoms with Crippen molar-refractivity contribution >= 4 is 5.91 Å². The summed E-state index contributed by atoms with van der Waals surface area (Å²) >= 11 is 0. The molecule has 1 amide bonds. The summed E-state index contributed by atoms with van der Waals surface area (Å²) in [5.41, 5.74) is 0.255. The highest BCUT2D eigenvalue weighted by Gasteiger charge is 2.44. The normalized spacial score (nSPS) is 23.7. The van der Waals surface area contributed by atoms with Gasteiger partial charge < -0.3 is 14.4 Å². The van der Waals surface area contributed by atoms with E-state index in [9.17, 15) is 4.79 Å². The Balaban J connectivity index is 1.61. The number of ether oxygens (including phenoxy) is 2. The zero-order chi connectivity index (χ0) is 16.1. The maximum Gasteiger partial charge on any atom is 0.222 e. The number of likely N-dealkylation sites (tertiary alicyclic amines) is 1. The number of aromatic nitrogens is 1. The van der Waals surface area contributed by atoms with E-state index in [1.807, 2.05) is 24.0 Å². The van der Waals surface area contributed by atoms with Crippen LogP contribution in [0, 0.1) is 11.3 Å². The lowest BCUT2D eigenvalue weighted by Gasteiger charge is -2.48. The molecule has 3 rings (SSSR count). The standard InChI is InChI=1S/C18H26N2O3/c1-2-17(21)20-9-5-18(6-10-20)7-11-22-13-15(18)14-23-16-4-3-8-19-12-16/h3-4,8,12,15H,2,5-7,9-11,13-14H2,1H3. The van der Waals surface area contributed by atoms with Gasteiger partial charge in [0, 0.05) is 38.2 Å². The number of piperidine rings is 1. The highest BCUT2D eigenvalue weighted by molar-refractivity contribution is 5.75. The molecule has 0 bridgehead atoms. The number of amides is 1. The van der Waals surface area contributed by atoms with Crippen molar-refractivity contribution < 1.29 is 14.3 Å². The molecule has 2 aliphatic rings. The summed E-state index contributed by atoms with van der Waals surface area (Å²) < 4.78 is 11.7. The molecule has 126 valence electrons. The Morgan fingerprint density at radius 2 is 2.26 bits per heavy atom. The molecule has 23 heavy (non-hydrogen) atoms. The molecule has 0 N–H and O–H groups in total. The van der Waals surface area contributed by atoms with Crippen LogP contribution >= 0.6 is 0 Å². The van der Waals surface area contributed by atoms with Crippen LogP contribution in [0.3, 0.4) is 0 Å². The summed E-state index contributed by atoms with van der Waals surface area (Å²) in [5.74, 6) is 1.47. The van der Waals surface area contributed by atoms with Crippen LogP contribution in [0.15, 0.2) is 24.5 Å². The van der Waals surface area contributed by atoms with Crippen molar-refractivity contribution in [1.82, 2.24) is 9.88 Å². The van der Waals surface area contributed by atoms with Crippen molar-refractivity contribution in [2.24, 2.45) is 11.3 Å². The number of pyridine rings is 1. The van der Waals surface area contributed by atoms with Crippen LogP contribution < -0.4 is 4.74 Å². The van der Waals surface area contributed by atoms with Crippen molar-refractivity contribution in [3.05, 3.63) is 24.5 Å². The van der Waals surface area contributed by atoms with E-state index >= 15 is 0 Å². The Kier molecular flexibility index (Phi) is 5.16. The average Bonchev–Trinajstić information content (AvgIpc) is 2.62. The Bertz CT molecular complexity index is 512. The third-order valence-electron chi connectivity index (χ3n) is 5.43. The molecule has 2 saturated heterocycles. The van der Waals surface area contributed by atoms with Gasteiger partial charge in [0.05, 0.1) is 19.4 Å². The second kappa shape index (κ2) is 7.30. The van der Waals surface area contributed by atoms with Gasteiger partial charge in [-0.05, 0) is 36.8 Å². The van der Waals surface area contributed by atoms with Gasteiger partial charge in [-0.15, -0.1) is 0 Å². The monoisotopic (exact) mass is 318 g/mol. The van der Waals surface area contributed by atoms with Gasteiger partial charge in [0.1, 0.15) is 5.75 Å². The first-order valence-corrected chi connectivity index (χ1v) is 8.62. The third kappa shape index (κ3) is 3.66. The van der Waals surface area contributed by atoms with Crippen LogP contribution in [0.1, 0.15) is 32.6 Å². The smallest absolute Gasteiger partial charge is 0.222 e. The maximum atomic E-state index is 11.9. The predicted octanol–water partition coefficient (Wildman–Crippen LogP) is 2.52. The number of hydrogen-bond donors (Lipinski definition) is 0. The molecule has 1 aromatic rings. The van der Waals surface area contributed by atoms with Gasteiger partial charge in [0.25, 0.3) is 0 Å². The van der Waals surface area contributed by atoms with Crippen LogP contribution in [0.4, 0.5) is 0 Å². The van der Waals surface area contributed by atoms with E-state index in [1.165, 1.54) is 0 Å². The lowest BCUT2D eigenvalue weighted by molar-refractivity contribution is -0.137. The fraction of sp³-hybridized carbons (Fsp3) is 0.667. The Hall–Kier alpha value is -1.62. The number of carbonyl (C=O) groups excluding carboxylic acids is 1. The second-order valence-corrected chi connectivity index (χ2v) is 6.62. The lowest BCUT2D eigenvalue weighted by Crippen LogP contribution is -2.50. The van der Waals surface area contributed by atoms with E-state index in [-0.39, 0.29) is 11.3 Å². The van der Waals surface area contributed by atoms with Gasteiger partial charge in [-0.25, -0.2) is 0 Å². The molecule has 5 nitrogen and oxygen atoms in total. The third-order valence-corrected chi connectivity index (χ3v) is 5.43. The molecular formula is C18H26N2O3. The molecule has 0 aliphatic carbocycles. The topological polar surface area (TPSA) is 51.7 Å². The second-order valence-electron chi connectivity index (χ2n) is 6.62. The minimum atomic E-state index is 0.255.